The third kappa shape index (κ3) is 6.78. The Morgan fingerprint density at radius 1 is 1.07 bits per heavy atom. The van der Waals surface area contributed by atoms with Crippen molar-refractivity contribution in [1.82, 2.24) is 14.8 Å². The molecule has 1 aliphatic rings. The number of ether oxygens (including phenoxy) is 2. The standard InChI is InChI=1S/C31H38ClN3O5/c1-4-40-31(38)34(24-9-6-5-7-10-24)18-8-17-33-29(36)20-26-21(2)35(28-16-15-25(39-3)19-27(26)28)30(37)22-11-13-23(32)14-12-22/h11-16,19,24H,4-10,17-18,20H2,1-3H3,(H,33,36). The number of benzene rings is 2. The first-order valence-electron chi connectivity index (χ1n) is 14.0. The van der Waals surface area contributed by atoms with E-state index in [0.29, 0.717) is 53.7 Å². The highest BCUT2D eigenvalue weighted by Gasteiger charge is 2.26. The molecule has 3 aromatic rings. The Labute approximate surface area is 240 Å². The number of carbonyl (C=O) groups is 3. The Kier molecular flexibility index (Phi) is 10.1. The van der Waals surface area contributed by atoms with Crippen LogP contribution >= 0.6 is 11.6 Å². The van der Waals surface area contributed by atoms with E-state index in [2.05, 4.69) is 5.32 Å². The van der Waals surface area contributed by atoms with Crippen LogP contribution in [0.1, 0.15) is 67.1 Å². The molecule has 1 aromatic heterocycles. The molecule has 0 bridgehead atoms. The lowest BCUT2D eigenvalue weighted by Gasteiger charge is -2.33. The molecule has 0 saturated heterocycles. The van der Waals surface area contributed by atoms with Gasteiger partial charge in [-0.3, -0.25) is 14.2 Å². The molecule has 1 aliphatic carbocycles. The zero-order valence-electron chi connectivity index (χ0n) is 23.5. The van der Waals surface area contributed by atoms with Gasteiger partial charge < -0.3 is 19.7 Å². The van der Waals surface area contributed by atoms with Gasteiger partial charge in [0.2, 0.25) is 5.91 Å². The number of hydrogen-bond acceptors (Lipinski definition) is 5. The van der Waals surface area contributed by atoms with Crippen molar-refractivity contribution in [2.45, 2.75) is 64.8 Å². The highest BCUT2D eigenvalue weighted by molar-refractivity contribution is 6.30. The Hall–Kier alpha value is -3.52. The largest absolute Gasteiger partial charge is 0.497 e. The monoisotopic (exact) mass is 567 g/mol. The molecule has 0 atom stereocenters. The van der Waals surface area contributed by atoms with Crippen LogP contribution in [0.5, 0.6) is 5.75 Å². The van der Waals surface area contributed by atoms with E-state index >= 15 is 0 Å². The average Bonchev–Trinajstić information content (AvgIpc) is 3.23. The zero-order valence-corrected chi connectivity index (χ0v) is 24.3. The van der Waals surface area contributed by atoms with Crippen LogP contribution in [0.25, 0.3) is 10.9 Å². The van der Waals surface area contributed by atoms with Crippen LogP contribution in [0.15, 0.2) is 42.5 Å². The van der Waals surface area contributed by atoms with Crippen LogP contribution in [0.2, 0.25) is 5.02 Å². The molecule has 1 saturated carbocycles. The number of rotatable bonds is 10. The lowest BCUT2D eigenvalue weighted by atomic mass is 9.94. The Morgan fingerprint density at radius 3 is 2.48 bits per heavy atom. The van der Waals surface area contributed by atoms with E-state index in [0.717, 1.165) is 36.6 Å². The molecule has 0 unspecified atom stereocenters. The number of nitrogens with one attached hydrogen (secondary N) is 1. The summed E-state index contributed by atoms with van der Waals surface area (Å²) in [7, 11) is 1.59. The van der Waals surface area contributed by atoms with Crippen LogP contribution < -0.4 is 10.1 Å². The fourth-order valence-electron chi connectivity index (χ4n) is 5.52. The summed E-state index contributed by atoms with van der Waals surface area (Å²) in [6.07, 6.45) is 5.90. The summed E-state index contributed by atoms with van der Waals surface area (Å²) >= 11 is 6.02. The molecular formula is C31H38ClN3O5. The van der Waals surface area contributed by atoms with Gasteiger partial charge in [-0.05, 0) is 81.1 Å². The van der Waals surface area contributed by atoms with Gasteiger partial charge in [0.15, 0.2) is 0 Å². The Balaban J connectivity index is 1.47. The van der Waals surface area contributed by atoms with Crippen LogP contribution in [-0.2, 0) is 16.0 Å². The van der Waals surface area contributed by atoms with Crippen molar-refractivity contribution in [1.29, 1.82) is 0 Å². The summed E-state index contributed by atoms with van der Waals surface area (Å²) in [6.45, 7) is 4.98. The molecule has 4 rings (SSSR count). The van der Waals surface area contributed by atoms with E-state index < -0.39 is 0 Å². The minimum Gasteiger partial charge on any atom is -0.497 e. The second kappa shape index (κ2) is 13.7. The van der Waals surface area contributed by atoms with Gasteiger partial charge >= 0.3 is 6.09 Å². The number of hydrogen-bond donors (Lipinski definition) is 1. The van der Waals surface area contributed by atoms with E-state index in [4.69, 9.17) is 21.1 Å². The molecule has 0 radical (unpaired) electrons. The predicted octanol–water partition coefficient (Wildman–Crippen LogP) is 6.14. The third-order valence-corrected chi connectivity index (χ3v) is 7.84. The third-order valence-electron chi connectivity index (χ3n) is 7.59. The van der Waals surface area contributed by atoms with Crippen molar-refractivity contribution in [2.75, 3.05) is 26.8 Å². The molecule has 0 spiro atoms. The molecular weight excluding hydrogens is 530 g/mol. The summed E-state index contributed by atoms with van der Waals surface area (Å²) in [5.74, 6) is 0.300. The Morgan fingerprint density at radius 2 is 1.80 bits per heavy atom. The molecule has 8 nitrogen and oxygen atoms in total. The maximum Gasteiger partial charge on any atom is 0.409 e. The van der Waals surface area contributed by atoms with Gasteiger partial charge in [-0.15, -0.1) is 0 Å². The van der Waals surface area contributed by atoms with Crippen LogP contribution in [0, 0.1) is 6.92 Å². The van der Waals surface area contributed by atoms with Crippen LogP contribution in [0.3, 0.4) is 0 Å². The number of carbonyl (C=O) groups excluding carboxylic acids is 3. The van der Waals surface area contributed by atoms with Gasteiger partial charge in [0.05, 0.1) is 25.7 Å². The number of halogens is 1. The normalized spacial score (nSPS) is 13.7. The highest BCUT2D eigenvalue weighted by Crippen LogP contribution is 2.31. The fourth-order valence-corrected chi connectivity index (χ4v) is 5.64. The maximum absolute atomic E-state index is 13.5. The van der Waals surface area contributed by atoms with E-state index in [9.17, 15) is 14.4 Å². The molecule has 1 fully saturated rings. The zero-order chi connectivity index (χ0) is 28.6. The first-order valence-corrected chi connectivity index (χ1v) is 14.4. The second-order valence-electron chi connectivity index (χ2n) is 10.2. The number of fused-ring (bicyclic) bond motifs is 1. The van der Waals surface area contributed by atoms with Gasteiger partial charge in [-0.1, -0.05) is 30.9 Å². The van der Waals surface area contributed by atoms with E-state index in [-0.39, 0.29) is 30.4 Å². The van der Waals surface area contributed by atoms with Crippen LogP contribution in [0.4, 0.5) is 4.79 Å². The predicted molar refractivity (Wildman–Crippen MR) is 156 cm³/mol. The summed E-state index contributed by atoms with van der Waals surface area (Å²) < 4.78 is 12.4. The SMILES string of the molecule is CCOC(=O)N(CCCNC(=O)Cc1c(C)n(C(=O)c2ccc(Cl)cc2)c2ccc(OC)cc12)C1CCCCC1. The van der Waals surface area contributed by atoms with Crippen molar-refractivity contribution >= 4 is 40.4 Å². The molecule has 1 heterocycles. The Bertz CT molecular complexity index is 1350. The summed E-state index contributed by atoms with van der Waals surface area (Å²) in [4.78, 5) is 41.0. The van der Waals surface area contributed by atoms with Crippen molar-refractivity contribution < 1.29 is 23.9 Å². The van der Waals surface area contributed by atoms with Gasteiger partial charge in [-0.2, -0.15) is 0 Å². The van der Waals surface area contributed by atoms with Crippen molar-refractivity contribution in [3.8, 4) is 5.75 Å². The van der Waals surface area contributed by atoms with Gasteiger partial charge in [-0.25, -0.2) is 4.79 Å². The maximum atomic E-state index is 13.5. The topological polar surface area (TPSA) is 89.9 Å². The van der Waals surface area contributed by atoms with Crippen molar-refractivity contribution in [3.63, 3.8) is 0 Å². The van der Waals surface area contributed by atoms with Crippen molar-refractivity contribution in [3.05, 3.63) is 64.3 Å². The summed E-state index contributed by atoms with van der Waals surface area (Å²) in [5, 5.41) is 4.34. The lowest BCUT2D eigenvalue weighted by molar-refractivity contribution is -0.120. The molecule has 1 N–H and O–H groups in total. The molecule has 214 valence electrons. The van der Waals surface area contributed by atoms with Gasteiger partial charge in [0.1, 0.15) is 5.75 Å². The number of aromatic nitrogens is 1. The number of methoxy groups -OCH3 is 1. The smallest absolute Gasteiger partial charge is 0.409 e. The van der Waals surface area contributed by atoms with Gasteiger partial charge in [0, 0.05) is 40.8 Å². The molecule has 2 aromatic carbocycles. The fraction of sp³-hybridized carbons (Fsp3) is 0.452. The van der Waals surface area contributed by atoms with E-state index in [1.807, 2.05) is 30.9 Å². The molecule has 2 amide bonds. The van der Waals surface area contributed by atoms with E-state index in [1.165, 1.54) is 6.42 Å². The van der Waals surface area contributed by atoms with Crippen molar-refractivity contribution in [2.24, 2.45) is 0 Å². The minimum absolute atomic E-state index is 0.112. The minimum atomic E-state index is -0.275. The summed E-state index contributed by atoms with van der Waals surface area (Å²) in [5.41, 5.74) is 2.67. The van der Waals surface area contributed by atoms with E-state index in [1.54, 1.807) is 42.0 Å². The molecule has 40 heavy (non-hydrogen) atoms. The number of nitrogens with zero attached hydrogens (tertiary/aromatic N) is 2. The number of amides is 2. The quantitative estimate of drug-likeness (QED) is 0.297. The summed E-state index contributed by atoms with van der Waals surface area (Å²) in [6, 6.07) is 12.5. The van der Waals surface area contributed by atoms with Gasteiger partial charge in [0.25, 0.3) is 5.91 Å². The first kappa shape index (κ1) is 29.5. The molecule has 9 heteroatoms. The highest BCUT2D eigenvalue weighted by atomic mass is 35.5. The second-order valence-corrected chi connectivity index (χ2v) is 10.6. The molecule has 0 aliphatic heterocycles. The van der Waals surface area contributed by atoms with Crippen LogP contribution in [-0.4, -0.2) is 60.2 Å². The lowest BCUT2D eigenvalue weighted by Crippen LogP contribution is -2.43. The average molecular weight is 568 g/mol. The first-order chi connectivity index (χ1) is 19.3.